The van der Waals surface area contributed by atoms with E-state index < -0.39 is 0 Å². The molecule has 2 aromatic carbocycles. The lowest BCUT2D eigenvalue weighted by molar-refractivity contribution is 0.00578. The van der Waals surface area contributed by atoms with Crippen LogP contribution in [0.4, 0.5) is 0 Å². The fourth-order valence-electron chi connectivity index (χ4n) is 3.94. The van der Waals surface area contributed by atoms with Gasteiger partial charge in [-0.15, -0.1) is 0 Å². The predicted molar refractivity (Wildman–Crippen MR) is 138 cm³/mol. The third-order valence-corrected chi connectivity index (χ3v) is 7.74. The largest absolute Gasteiger partial charge is 0.494 e. The van der Waals surface area contributed by atoms with Crippen LogP contribution < -0.4 is 10.9 Å². The van der Waals surface area contributed by atoms with Crippen molar-refractivity contribution < 1.29 is 18.6 Å². The average molecular weight is 446 g/mol. The summed E-state index contributed by atoms with van der Waals surface area (Å²) < 4.78 is 24.7. The molecular weight excluding hydrogens is 410 g/mol. The third-order valence-electron chi connectivity index (χ3n) is 7.74. The van der Waals surface area contributed by atoms with Crippen molar-refractivity contribution >= 4 is 36.8 Å². The molecule has 4 nitrogen and oxygen atoms in total. The Hall–Kier alpha value is -1.85. The maximum atomic E-state index is 6.17. The molecule has 0 spiro atoms. The molecule has 0 bridgehead atoms. The van der Waals surface area contributed by atoms with Crippen molar-refractivity contribution in [3.05, 3.63) is 59.7 Å². The van der Waals surface area contributed by atoms with Gasteiger partial charge in [0.05, 0.1) is 22.4 Å². The standard InChI is InChI=1S/C27H36B2O4/c1-19(21-12-16-23(17-13-21)29-32-26(6,7)27(8,9)33-29)18-20-10-14-22(15-11-20)28-30-24(2,3)25(4,5)31-28/h10-18H,1-9H3. The van der Waals surface area contributed by atoms with Crippen LogP contribution in [0.25, 0.3) is 11.6 Å². The maximum Gasteiger partial charge on any atom is 0.494 e. The van der Waals surface area contributed by atoms with Crippen molar-refractivity contribution in [1.29, 1.82) is 0 Å². The molecule has 6 heteroatoms. The molecule has 2 saturated heterocycles. The molecule has 4 rings (SSSR count). The minimum absolute atomic E-state index is 0.334. The van der Waals surface area contributed by atoms with Crippen LogP contribution in [0.2, 0.25) is 0 Å². The van der Waals surface area contributed by atoms with Crippen molar-refractivity contribution in [3.8, 4) is 0 Å². The summed E-state index contributed by atoms with van der Waals surface area (Å²) in [4.78, 5) is 0. The van der Waals surface area contributed by atoms with Gasteiger partial charge in [-0.25, -0.2) is 0 Å². The highest BCUT2D eigenvalue weighted by molar-refractivity contribution is 6.62. The summed E-state index contributed by atoms with van der Waals surface area (Å²) in [5.74, 6) is 0. The van der Waals surface area contributed by atoms with E-state index in [9.17, 15) is 0 Å². The molecule has 2 heterocycles. The summed E-state index contributed by atoms with van der Waals surface area (Å²) in [5.41, 5.74) is 4.24. The quantitative estimate of drug-likeness (QED) is 0.498. The Balaban J connectivity index is 1.45. The van der Waals surface area contributed by atoms with Gasteiger partial charge in [0.1, 0.15) is 0 Å². The van der Waals surface area contributed by atoms with E-state index in [1.807, 2.05) is 0 Å². The van der Waals surface area contributed by atoms with E-state index in [1.165, 1.54) is 11.1 Å². The van der Waals surface area contributed by atoms with Gasteiger partial charge in [0.2, 0.25) is 0 Å². The molecule has 0 amide bonds. The summed E-state index contributed by atoms with van der Waals surface area (Å²) in [6.45, 7) is 18.7. The highest BCUT2D eigenvalue weighted by Gasteiger charge is 2.52. The number of hydrogen-bond donors (Lipinski definition) is 0. The van der Waals surface area contributed by atoms with Gasteiger partial charge in [0.15, 0.2) is 0 Å². The molecule has 2 aromatic rings. The maximum absolute atomic E-state index is 6.17. The van der Waals surface area contributed by atoms with Crippen molar-refractivity contribution in [3.63, 3.8) is 0 Å². The van der Waals surface area contributed by atoms with Crippen LogP contribution in [-0.2, 0) is 18.6 Å². The van der Waals surface area contributed by atoms with Crippen LogP contribution in [0.1, 0.15) is 73.4 Å². The highest BCUT2D eigenvalue weighted by atomic mass is 16.7. The lowest BCUT2D eigenvalue weighted by atomic mass is 9.78. The first-order chi connectivity index (χ1) is 15.2. The Morgan fingerprint density at radius 2 is 0.909 bits per heavy atom. The molecule has 0 N–H and O–H groups in total. The van der Waals surface area contributed by atoms with Crippen LogP contribution in [0.15, 0.2) is 48.5 Å². The van der Waals surface area contributed by atoms with E-state index in [2.05, 4.69) is 117 Å². The molecule has 2 aliphatic heterocycles. The first-order valence-electron chi connectivity index (χ1n) is 11.8. The summed E-state index contributed by atoms with van der Waals surface area (Å²) in [5, 5.41) is 0. The zero-order chi connectivity index (χ0) is 24.2. The molecule has 2 fully saturated rings. The number of allylic oxidation sites excluding steroid dienone is 1. The normalized spacial score (nSPS) is 23.2. The van der Waals surface area contributed by atoms with Crippen molar-refractivity contribution in [1.82, 2.24) is 0 Å². The predicted octanol–water partition coefficient (Wildman–Crippen LogP) is 4.85. The number of hydrogen-bond acceptors (Lipinski definition) is 4. The third kappa shape index (κ3) is 4.59. The summed E-state index contributed by atoms with van der Waals surface area (Å²) >= 11 is 0. The fourth-order valence-corrected chi connectivity index (χ4v) is 3.94. The molecule has 0 unspecified atom stereocenters. The molecule has 0 aliphatic carbocycles. The van der Waals surface area contributed by atoms with Crippen molar-refractivity contribution in [2.75, 3.05) is 0 Å². The van der Waals surface area contributed by atoms with Crippen LogP contribution in [0.5, 0.6) is 0 Å². The number of rotatable bonds is 4. The Bertz CT molecular complexity index is 1000. The molecule has 174 valence electrons. The van der Waals surface area contributed by atoms with Crippen LogP contribution in [0, 0.1) is 0 Å². The van der Waals surface area contributed by atoms with Gasteiger partial charge in [-0.2, -0.15) is 0 Å². The molecular formula is C27H36B2O4. The minimum Gasteiger partial charge on any atom is -0.399 e. The first kappa shape index (κ1) is 24.3. The van der Waals surface area contributed by atoms with Gasteiger partial charge in [-0.3, -0.25) is 0 Å². The van der Waals surface area contributed by atoms with E-state index in [4.69, 9.17) is 18.6 Å². The lowest BCUT2D eigenvalue weighted by Gasteiger charge is -2.32. The van der Waals surface area contributed by atoms with Gasteiger partial charge in [0, 0.05) is 0 Å². The summed E-state index contributed by atoms with van der Waals surface area (Å²) in [6.07, 6.45) is 2.19. The van der Waals surface area contributed by atoms with Gasteiger partial charge < -0.3 is 18.6 Å². The Morgan fingerprint density at radius 3 is 1.27 bits per heavy atom. The van der Waals surface area contributed by atoms with Gasteiger partial charge in [-0.1, -0.05) is 54.6 Å². The second-order valence-electron chi connectivity index (χ2n) is 11.3. The molecule has 33 heavy (non-hydrogen) atoms. The van der Waals surface area contributed by atoms with Gasteiger partial charge in [-0.05, 0) is 89.9 Å². The Labute approximate surface area is 200 Å². The van der Waals surface area contributed by atoms with E-state index >= 15 is 0 Å². The molecule has 0 atom stereocenters. The zero-order valence-electron chi connectivity index (χ0n) is 21.5. The Morgan fingerprint density at radius 1 is 0.576 bits per heavy atom. The zero-order valence-corrected chi connectivity index (χ0v) is 21.5. The van der Waals surface area contributed by atoms with Gasteiger partial charge in [0.25, 0.3) is 0 Å². The lowest BCUT2D eigenvalue weighted by Crippen LogP contribution is -2.41. The molecule has 0 radical (unpaired) electrons. The van der Waals surface area contributed by atoms with Gasteiger partial charge >= 0.3 is 14.2 Å². The van der Waals surface area contributed by atoms with Crippen molar-refractivity contribution in [2.24, 2.45) is 0 Å². The summed E-state index contributed by atoms with van der Waals surface area (Å²) in [7, 11) is -0.674. The van der Waals surface area contributed by atoms with Crippen LogP contribution >= 0.6 is 0 Å². The van der Waals surface area contributed by atoms with Crippen LogP contribution in [0.3, 0.4) is 0 Å². The molecule has 0 saturated carbocycles. The SMILES string of the molecule is CC(=Cc1ccc(B2OC(C)(C)C(C)(C)O2)cc1)c1ccc(B2OC(C)(C)C(C)(C)O2)cc1. The summed E-state index contributed by atoms with van der Waals surface area (Å²) in [6, 6.07) is 16.8. The second kappa shape index (κ2) is 8.13. The Kier molecular flexibility index (Phi) is 5.98. The number of benzene rings is 2. The van der Waals surface area contributed by atoms with E-state index in [0.717, 1.165) is 16.5 Å². The topological polar surface area (TPSA) is 36.9 Å². The average Bonchev–Trinajstić information content (AvgIpc) is 3.08. The van der Waals surface area contributed by atoms with E-state index in [1.54, 1.807) is 0 Å². The molecule has 0 aromatic heterocycles. The smallest absolute Gasteiger partial charge is 0.399 e. The van der Waals surface area contributed by atoms with E-state index in [0.29, 0.717) is 0 Å². The highest BCUT2D eigenvalue weighted by Crippen LogP contribution is 2.37. The van der Waals surface area contributed by atoms with E-state index in [-0.39, 0.29) is 36.6 Å². The minimum atomic E-state index is -0.337. The molecule has 2 aliphatic rings. The first-order valence-corrected chi connectivity index (χ1v) is 11.8. The van der Waals surface area contributed by atoms with Crippen molar-refractivity contribution in [2.45, 2.75) is 84.7 Å². The van der Waals surface area contributed by atoms with Crippen LogP contribution in [-0.4, -0.2) is 36.6 Å². The fraction of sp³-hybridized carbons (Fsp3) is 0.481. The second-order valence-corrected chi connectivity index (χ2v) is 11.3. The monoisotopic (exact) mass is 446 g/mol.